The molecule has 1 amide bonds. The van der Waals surface area contributed by atoms with Crippen molar-refractivity contribution in [2.24, 2.45) is 5.92 Å². The molecule has 0 bridgehead atoms. The number of nitrogens with zero attached hydrogens (tertiary/aromatic N) is 5. The van der Waals surface area contributed by atoms with E-state index in [1.54, 1.807) is 4.57 Å². The van der Waals surface area contributed by atoms with Gasteiger partial charge in [-0.05, 0) is 48.1 Å². The van der Waals surface area contributed by atoms with E-state index in [2.05, 4.69) is 24.3 Å². The molecule has 1 aliphatic rings. The average Bonchev–Trinajstić information content (AvgIpc) is 3.41. The van der Waals surface area contributed by atoms with Gasteiger partial charge in [0.25, 0.3) is 0 Å². The molecule has 0 radical (unpaired) electrons. The summed E-state index contributed by atoms with van der Waals surface area (Å²) in [6.45, 7) is 5.95. The van der Waals surface area contributed by atoms with Gasteiger partial charge in [-0.25, -0.2) is 9.78 Å². The van der Waals surface area contributed by atoms with Gasteiger partial charge in [-0.3, -0.25) is 9.36 Å². The number of hydrogen-bond acceptors (Lipinski definition) is 5. The molecule has 0 aliphatic carbocycles. The molecule has 0 spiro atoms. The predicted octanol–water partition coefficient (Wildman–Crippen LogP) is 3.91. The van der Waals surface area contributed by atoms with Crippen LogP contribution in [0.3, 0.4) is 0 Å². The number of piperidine rings is 1. The number of likely N-dealkylation sites (tertiary alicyclic amines) is 1. The number of carbonyl (C=O) groups excluding carboxylic acids is 1. The van der Waals surface area contributed by atoms with Gasteiger partial charge in [0.1, 0.15) is 11.4 Å². The van der Waals surface area contributed by atoms with Crippen LogP contribution in [0.1, 0.15) is 50.1 Å². The molecule has 1 aromatic carbocycles. The van der Waals surface area contributed by atoms with Crippen molar-refractivity contribution in [2.45, 2.75) is 52.5 Å². The van der Waals surface area contributed by atoms with Crippen molar-refractivity contribution in [3.63, 3.8) is 0 Å². The van der Waals surface area contributed by atoms with Crippen molar-refractivity contribution >= 4 is 33.1 Å². The average molecular weight is 464 g/mol. The summed E-state index contributed by atoms with van der Waals surface area (Å²) in [5, 5.41) is 7.65. The van der Waals surface area contributed by atoms with Crippen LogP contribution in [0.5, 0.6) is 0 Å². The topological polar surface area (TPSA) is 72.5 Å². The molecule has 0 unspecified atom stereocenters. The Balaban J connectivity index is 1.62. The van der Waals surface area contributed by atoms with Crippen molar-refractivity contribution in [2.75, 3.05) is 13.1 Å². The van der Waals surface area contributed by atoms with Crippen molar-refractivity contribution in [1.29, 1.82) is 0 Å². The van der Waals surface area contributed by atoms with E-state index in [9.17, 15) is 9.59 Å². The van der Waals surface area contributed by atoms with Gasteiger partial charge < -0.3 is 4.90 Å². The Morgan fingerprint density at radius 3 is 2.61 bits per heavy atom. The summed E-state index contributed by atoms with van der Waals surface area (Å²) in [4.78, 5) is 34.1. The minimum absolute atomic E-state index is 0.000818. The summed E-state index contributed by atoms with van der Waals surface area (Å²) in [5.41, 5.74) is 2.55. The number of aromatic nitrogens is 4. The minimum Gasteiger partial charge on any atom is -0.341 e. The maximum atomic E-state index is 13.5. The zero-order chi connectivity index (χ0) is 22.9. The molecule has 5 rings (SSSR count). The van der Waals surface area contributed by atoms with Crippen LogP contribution in [-0.4, -0.2) is 43.1 Å². The number of fused-ring (bicyclic) bond motifs is 3. The molecule has 1 saturated heterocycles. The van der Waals surface area contributed by atoms with Gasteiger partial charge in [0.15, 0.2) is 11.5 Å². The molecule has 0 N–H and O–H groups in total. The lowest BCUT2D eigenvalue weighted by Crippen LogP contribution is -2.40. The van der Waals surface area contributed by atoms with Gasteiger partial charge in [0.05, 0.1) is 5.39 Å². The fourth-order valence-electron chi connectivity index (χ4n) is 4.63. The summed E-state index contributed by atoms with van der Waals surface area (Å²) >= 11 is 1.52. The van der Waals surface area contributed by atoms with Crippen LogP contribution in [-0.2, 0) is 24.2 Å². The lowest BCUT2D eigenvalue weighted by Gasteiger charge is -2.27. The molecule has 0 saturated carbocycles. The third kappa shape index (κ3) is 4.31. The molecule has 1 aliphatic heterocycles. The fraction of sp³-hybridized carbons (Fsp3) is 0.440. The highest BCUT2D eigenvalue weighted by molar-refractivity contribution is 7.17. The molecule has 7 nitrogen and oxygen atoms in total. The minimum atomic E-state index is -0.299. The quantitative estimate of drug-likeness (QED) is 0.435. The first-order valence-electron chi connectivity index (χ1n) is 11.7. The van der Waals surface area contributed by atoms with Crippen LogP contribution in [0.4, 0.5) is 0 Å². The maximum absolute atomic E-state index is 13.5. The van der Waals surface area contributed by atoms with E-state index >= 15 is 0 Å². The van der Waals surface area contributed by atoms with Crippen LogP contribution < -0.4 is 5.69 Å². The van der Waals surface area contributed by atoms with E-state index in [0.717, 1.165) is 60.1 Å². The Hall–Kier alpha value is -3.00. The second kappa shape index (κ2) is 9.09. The maximum Gasteiger partial charge on any atom is 0.352 e. The summed E-state index contributed by atoms with van der Waals surface area (Å²) in [6, 6.07) is 10.0. The largest absolute Gasteiger partial charge is 0.352 e. The zero-order valence-electron chi connectivity index (χ0n) is 19.2. The van der Waals surface area contributed by atoms with Crippen molar-refractivity contribution in [1.82, 2.24) is 24.1 Å². The van der Waals surface area contributed by atoms with Crippen molar-refractivity contribution in [3.8, 4) is 0 Å². The van der Waals surface area contributed by atoms with E-state index in [1.165, 1.54) is 15.9 Å². The number of rotatable bonds is 6. The van der Waals surface area contributed by atoms with Crippen LogP contribution in [0, 0.1) is 5.92 Å². The summed E-state index contributed by atoms with van der Waals surface area (Å²) < 4.78 is 3.01. The molecule has 172 valence electrons. The Kier molecular flexibility index (Phi) is 6.01. The Bertz CT molecular complexity index is 1350. The highest BCUT2D eigenvalue weighted by Crippen LogP contribution is 2.30. The highest BCUT2D eigenvalue weighted by atomic mass is 32.1. The molecule has 8 heteroatoms. The van der Waals surface area contributed by atoms with Gasteiger partial charge in [-0.15, -0.1) is 16.4 Å². The number of carbonyl (C=O) groups is 1. The first kappa shape index (κ1) is 21.8. The van der Waals surface area contributed by atoms with Crippen molar-refractivity contribution in [3.05, 3.63) is 63.1 Å². The molecule has 0 atom stereocenters. The third-order valence-electron chi connectivity index (χ3n) is 6.22. The molecule has 1 fully saturated rings. The van der Waals surface area contributed by atoms with Gasteiger partial charge in [-0.2, -0.15) is 4.52 Å². The van der Waals surface area contributed by atoms with E-state index in [-0.39, 0.29) is 18.1 Å². The number of amides is 1. The number of thiophene rings is 1. The summed E-state index contributed by atoms with van der Waals surface area (Å²) in [6.07, 6.45) is 4.65. The van der Waals surface area contributed by atoms with Crippen LogP contribution >= 0.6 is 11.3 Å². The fourth-order valence-corrected chi connectivity index (χ4v) is 5.71. The lowest BCUT2D eigenvalue weighted by atomic mass is 10.0. The van der Waals surface area contributed by atoms with E-state index in [4.69, 9.17) is 4.98 Å². The zero-order valence-corrected chi connectivity index (χ0v) is 20.0. The first-order chi connectivity index (χ1) is 16.0. The molecule has 4 heterocycles. The second-order valence-corrected chi connectivity index (χ2v) is 10.1. The Labute approximate surface area is 196 Å². The Morgan fingerprint density at radius 1 is 1.12 bits per heavy atom. The molecular weight excluding hydrogens is 434 g/mol. The van der Waals surface area contributed by atoms with E-state index in [0.29, 0.717) is 23.8 Å². The van der Waals surface area contributed by atoms with Gasteiger partial charge in [-0.1, -0.05) is 44.2 Å². The van der Waals surface area contributed by atoms with Gasteiger partial charge in [0, 0.05) is 19.5 Å². The first-order valence-corrected chi connectivity index (χ1v) is 12.6. The van der Waals surface area contributed by atoms with Crippen LogP contribution in [0.25, 0.3) is 15.9 Å². The molecule has 33 heavy (non-hydrogen) atoms. The van der Waals surface area contributed by atoms with E-state index in [1.807, 2.05) is 35.2 Å². The van der Waals surface area contributed by atoms with Crippen molar-refractivity contribution < 1.29 is 4.79 Å². The van der Waals surface area contributed by atoms with E-state index < -0.39 is 0 Å². The van der Waals surface area contributed by atoms with Gasteiger partial charge in [0.2, 0.25) is 5.91 Å². The normalized spacial score (nSPS) is 14.6. The monoisotopic (exact) mass is 463 g/mol. The highest BCUT2D eigenvalue weighted by Gasteiger charge is 2.23. The second-order valence-electron chi connectivity index (χ2n) is 9.28. The summed E-state index contributed by atoms with van der Waals surface area (Å²) in [5.74, 6) is 1.08. The molecular formula is C25H29N5O2S. The van der Waals surface area contributed by atoms with Gasteiger partial charge >= 0.3 is 5.69 Å². The SMILES string of the molecule is CC(C)Cc1csc2c1c1nc(Cc3ccccc3)nn1c(=O)n2CC(=O)N1CCCCC1. The predicted molar refractivity (Wildman–Crippen MR) is 131 cm³/mol. The number of hydrogen-bond donors (Lipinski definition) is 0. The lowest BCUT2D eigenvalue weighted by molar-refractivity contribution is -0.132. The Morgan fingerprint density at radius 2 is 1.88 bits per heavy atom. The number of benzene rings is 1. The molecule has 4 aromatic rings. The third-order valence-corrected chi connectivity index (χ3v) is 7.27. The van der Waals surface area contributed by atoms with Crippen LogP contribution in [0.2, 0.25) is 0 Å². The summed E-state index contributed by atoms with van der Waals surface area (Å²) in [7, 11) is 0. The standard InChI is InChI=1S/C25H29N5O2S/c1-17(2)13-19-16-33-24-22(19)23-26-20(14-18-9-5-3-6-10-18)27-30(23)25(32)29(24)15-21(31)28-11-7-4-8-12-28/h3,5-6,9-10,16-17H,4,7-8,11-15H2,1-2H3. The smallest absolute Gasteiger partial charge is 0.341 e. The molecule has 3 aromatic heterocycles. The van der Waals surface area contributed by atoms with Crippen LogP contribution in [0.15, 0.2) is 40.5 Å².